The van der Waals surface area contributed by atoms with Crippen LogP contribution >= 0.6 is 0 Å². The summed E-state index contributed by atoms with van der Waals surface area (Å²) in [6.07, 6.45) is 1.72. The largest absolute Gasteiger partial charge is 0.514 e. The van der Waals surface area contributed by atoms with E-state index >= 15 is 0 Å². The zero-order chi connectivity index (χ0) is 12.8. The highest BCUT2D eigenvalue weighted by molar-refractivity contribution is 6.61. The fourth-order valence-corrected chi connectivity index (χ4v) is 1.78. The van der Waals surface area contributed by atoms with E-state index in [1.54, 1.807) is 13.3 Å². The second-order valence-corrected chi connectivity index (χ2v) is 5.32. The molecule has 0 atom stereocenters. The molecule has 1 saturated heterocycles. The van der Waals surface area contributed by atoms with Crippen molar-refractivity contribution < 1.29 is 14.0 Å². The van der Waals surface area contributed by atoms with Crippen LogP contribution in [0.4, 0.5) is 0 Å². The first-order valence-electron chi connectivity index (χ1n) is 5.70. The molecule has 0 amide bonds. The van der Waals surface area contributed by atoms with Crippen molar-refractivity contribution in [2.45, 2.75) is 38.9 Å². The predicted molar refractivity (Wildman–Crippen MR) is 65.5 cm³/mol. The van der Waals surface area contributed by atoms with E-state index in [1.807, 2.05) is 39.3 Å². The average Bonchev–Trinajstić information content (AvgIpc) is 2.65. The van der Waals surface area contributed by atoms with Gasteiger partial charge in [0, 0.05) is 13.2 Å². The fourth-order valence-electron chi connectivity index (χ4n) is 1.78. The Hall–Kier alpha value is -1.01. The minimum atomic E-state index is -0.401. The van der Waals surface area contributed by atoms with Gasteiger partial charge in [0.2, 0.25) is 0 Å². The second-order valence-electron chi connectivity index (χ2n) is 5.32. The number of hydrogen-bond donors (Lipinski definition) is 0. The quantitative estimate of drug-likeness (QED) is 0.712. The predicted octanol–water partition coefficient (Wildman–Crippen LogP) is 0.728. The summed E-state index contributed by atoms with van der Waals surface area (Å²) in [4.78, 5) is 4.16. The maximum atomic E-state index is 5.95. The Kier molecular flexibility index (Phi) is 2.74. The van der Waals surface area contributed by atoms with Crippen molar-refractivity contribution in [1.82, 2.24) is 9.55 Å². The van der Waals surface area contributed by atoms with E-state index in [4.69, 9.17) is 14.0 Å². The highest BCUT2D eigenvalue weighted by Gasteiger charge is 2.52. The minimum absolute atomic E-state index is 0.338. The van der Waals surface area contributed by atoms with Crippen molar-refractivity contribution in [3.63, 3.8) is 0 Å². The Bertz CT molecular complexity index is 412. The summed E-state index contributed by atoms with van der Waals surface area (Å²) in [5.74, 6) is 0. The second kappa shape index (κ2) is 3.75. The fraction of sp³-hybridized carbons (Fsp3) is 0.727. The van der Waals surface area contributed by atoms with Gasteiger partial charge in [-0.1, -0.05) is 0 Å². The van der Waals surface area contributed by atoms with Gasteiger partial charge >= 0.3 is 7.12 Å². The highest BCUT2D eigenvalue weighted by atomic mass is 16.7. The zero-order valence-electron chi connectivity index (χ0n) is 11.3. The van der Waals surface area contributed by atoms with Crippen LogP contribution in [0.2, 0.25) is 0 Å². The van der Waals surface area contributed by atoms with Crippen LogP contribution in [0.5, 0.6) is 6.01 Å². The van der Waals surface area contributed by atoms with Crippen LogP contribution in [0, 0.1) is 0 Å². The van der Waals surface area contributed by atoms with Gasteiger partial charge in [-0.15, -0.1) is 0 Å². The molecule has 0 unspecified atom stereocenters. The Morgan fingerprint density at radius 3 is 2.18 bits per heavy atom. The lowest BCUT2D eigenvalue weighted by molar-refractivity contribution is 0.00578. The van der Waals surface area contributed by atoms with E-state index < -0.39 is 7.12 Å². The summed E-state index contributed by atoms with van der Waals surface area (Å²) in [7, 11) is 3.07. The van der Waals surface area contributed by atoms with Crippen LogP contribution in [0.25, 0.3) is 0 Å². The highest BCUT2D eigenvalue weighted by Crippen LogP contribution is 2.36. The van der Waals surface area contributed by atoms with Gasteiger partial charge in [0.15, 0.2) is 0 Å². The number of aromatic nitrogens is 2. The maximum absolute atomic E-state index is 5.95. The lowest BCUT2D eigenvalue weighted by Crippen LogP contribution is -2.41. The van der Waals surface area contributed by atoms with Crippen LogP contribution in [0.3, 0.4) is 0 Å². The van der Waals surface area contributed by atoms with Gasteiger partial charge < -0.3 is 18.6 Å². The van der Waals surface area contributed by atoms with Crippen LogP contribution in [-0.4, -0.2) is 35.0 Å². The van der Waals surface area contributed by atoms with Crippen LogP contribution in [0.15, 0.2) is 6.20 Å². The molecule has 0 aromatic carbocycles. The molecule has 1 aromatic rings. The molecule has 0 saturated carbocycles. The summed E-state index contributed by atoms with van der Waals surface area (Å²) < 4.78 is 18.9. The Morgan fingerprint density at radius 1 is 1.24 bits per heavy atom. The van der Waals surface area contributed by atoms with Gasteiger partial charge in [0.25, 0.3) is 6.01 Å². The first-order valence-corrected chi connectivity index (χ1v) is 5.70. The molecular weight excluding hydrogens is 219 g/mol. The van der Waals surface area contributed by atoms with Crippen molar-refractivity contribution in [1.29, 1.82) is 0 Å². The van der Waals surface area contributed by atoms with Crippen molar-refractivity contribution >= 4 is 12.7 Å². The minimum Gasteiger partial charge on any atom is -0.468 e. The van der Waals surface area contributed by atoms with Crippen molar-refractivity contribution in [3.05, 3.63) is 6.20 Å². The van der Waals surface area contributed by atoms with Crippen molar-refractivity contribution in [3.8, 4) is 6.01 Å². The smallest absolute Gasteiger partial charge is 0.468 e. The number of nitrogens with zero attached hydrogens (tertiary/aromatic N) is 2. The van der Waals surface area contributed by atoms with Crippen molar-refractivity contribution in [2.75, 3.05) is 7.11 Å². The molecule has 0 radical (unpaired) electrons. The van der Waals surface area contributed by atoms with E-state index in [9.17, 15) is 0 Å². The summed E-state index contributed by atoms with van der Waals surface area (Å²) in [6.45, 7) is 8.11. The van der Waals surface area contributed by atoms with Gasteiger partial charge in [0.1, 0.15) is 0 Å². The molecule has 2 heterocycles. The monoisotopic (exact) mass is 238 g/mol. The molecule has 2 rings (SSSR count). The standard InChI is InChI=1S/C11H19BN2O3/c1-10(2)11(3,4)17-12(16-10)8-7-13-9(15-6)14(8)5/h7H,1-6H3. The van der Waals surface area contributed by atoms with E-state index in [1.165, 1.54) is 0 Å². The Labute approximate surface area is 102 Å². The molecule has 0 bridgehead atoms. The molecule has 0 spiro atoms. The number of rotatable bonds is 2. The first kappa shape index (κ1) is 12.5. The summed E-state index contributed by atoms with van der Waals surface area (Å²) >= 11 is 0. The lowest BCUT2D eigenvalue weighted by Gasteiger charge is -2.32. The van der Waals surface area contributed by atoms with Crippen LogP contribution in [0.1, 0.15) is 27.7 Å². The molecule has 0 N–H and O–H groups in total. The van der Waals surface area contributed by atoms with E-state index in [0.29, 0.717) is 6.01 Å². The Morgan fingerprint density at radius 2 is 1.76 bits per heavy atom. The third-order valence-corrected chi connectivity index (χ3v) is 3.66. The van der Waals surface area contributed by atoms with Crippen LogP contribution in [-0.2, 0) is 16.4 Å². The average molecular weight is 238 g/mol. The lowest BCUT2D eigenvalue weighted by atomic mass is 9.85. The molecule has 0 aliphatic carbocycles. The van der Waals surface area contributed by atoms with Crippen LogP contribution < -0.4 is 10.3 Å². The first-order chi connectivity index (χ1) is 7.78. The molecule has 6 heteroatoms. The number of imidazole rings is 1. The van der Waals surface area contributed by atoms with Gasteiger partial charge in [-0.3, -0.25) is 0 Å². The molecule has 94 valence electrons. The Balaban J connectivity index is 2.29. The maximum Gasteiger partial charge on any atom is 0.514 e. The topological polar surface area (TPSA) is 45.5 Å². The molecule has 1 fully saturated rings. The summed E-state index contributed by atoms with van der Waals surface area (Å²) in [6, 6.07) is 0.551. The summed E-state index contributed by atoms with van der Waals surface area (Å²) in [5, 5.41) is 0. The normalized spacial score (nSPS) is 21.9. The SMILES string of the molecule is COc1ncc(B2OC(C)(C)C(C)(C)O2)n1C. The number of hydrogen-bond acceptors (Lipinski definition) is 4. The van der Waals surface area contributed by atoms with Gasteiger partial charge in [-0.25, -0.2) is 4.98 Å². The third kappa shape index (κ3) is 1.85. The van der Waals surface area contributed by atoms with Gasteiger partial charge in [-0.2, -0.15) is 0 Å². The molecule has 5 nitrogen and oxygen atoms in total. The number of methoxy groups -OCH3 is 1. The molecule has 17 heavy (non-hydrogen) atoms. The van der Waals surface area contributed by atoms with Gasteiger partial charge in [0.05, 0.1) is 23.9 Å². The zero-order valence-corrected chi connectivity index (χ0v) is 11.3. The molecular formula is C11H19BN2O3. The van der Waals surface area contributed by atoms with Gasteiger partial charge in [-0.05, 0) is 27.7 Å². The molecule has 1 aliphatic heterocycles. The molecule has 1 aliphatic rings. The van der Waals surface area contributed by atoms with Crippen molar-refractivity contribution in [2.24, 2.45) is 7.05 Å². The van der Waals surface area contributed by atoms with E-state index in [0.717, 1.165) is 5.59 Å². The molecule has 1 aromatic heterocycles. The number of ether oxygens (including phenoxy) is 1. The van der Waals surface area contributed by atoms with E-state index in [-0.39, 0.29) is 11.2 Å². The third-order valence-electron chi connectivity index (χ3n) is 3.66. The van der Waals surface area contributed by atoms with E-state index in [2.05, 4.69) is 4.98 Å². The summed E-state index contributed by atoms with van der Waals surface area (Å²) in [5.41, 5.74) is 0.185.